The molecule has 1 aliphatic rings. The fraction of sp³-hybridized carbons (Fsp3) is 1.00. The number of nitrogens with two attached hydrogens (primary N) is 1. The third-order valence-electron chi connectivity index (χ3n) is 2.78. The lowest BCUT2D eigenvalue weighted by molar-refractivity contribution is 0.162. The van der Waals surface area contributed by atoms with Gasteiger partial charge in [-0.15, -0.1) is 0 Å². The minimum Gasteiger partial charge on any atom is -0.327 e. The Labute approximate surface area is 92.3 Å². The molecule has 5 heteroatoms. The molecule has 1 saturated carbocycles. The summed E-state index contributed by atoms with van der Waals surface area (Å²) in [6.45, 7) is 1.88. The largest absolute Gasteiger partial charge is 0.327 e. The summed E-state index contributed by atoms with van der Waals surface area (Å²) in [6, 6.07) is -0.307. The standard InChI is InChI=1S/C10H21NO3S/c1-2-9(11)8-15(12,13)14-10-6-4-3-5-7-10/h9-10H,2-8,11H2,1H3/t9-/m1/s1. The minimum absolute atomic E-state index is 0.0556. The molecular weight excluding hydrogens is 214 g/mol. The summed E-state index contributed by atoms with van der Waals surface area (Å²) in [5.74, 6) is -0.0556. The van der Waals surface area contributed by atoms with Crippen LogP contribution in [-0.4, -0.2) is 26.3 Å². The molecule has 1 aliphatic carbocycles. The molecule has 0 bridgehead atoms. The second kappa shape index (κ2) is 5.82. The number of hydrogen-bond donors (Lipinski definition) is 1. The highest BCUT2D eigenvalue weighted by atomic mass is 32.2. The zero-order valence-electron chi connectivity index (χ0n) is 9.31. The first-order chi connectivity index (χ1) is 7.03. The molecule has 4 nitrogen and oxygen atoms in total. The molecule has 1 atom stereocenters. The minimum atomic E-state index is -3.42. The fourth-order valence-electron chi connectivity index (χ4n) is 1.79. The quantitative estimate of drug-likeness (QED) is 0.731. The van der Waals surface area contributed by atoms with E-state index < -0.39 is 10.1 Å². The second-order valence-corrected chi connectivity index (χ2v) is 5.89. The zero-order chi connectivity index (χ0) is 11.3. The predicted molar refractivity (Wildman–Crippen MR) is 60.0 cm³/mol. The van der Waals surface area contributed by atoms with Crippen LogP contribution in [0.3, 0.4) is 0 Å². The van der Waals surface area contributed by atoms with E-state index in [4.69, 9.17) is 9.92 Å². The van der Waals surface area contributed by atoms with E-state index in [2.05, 4.69) is 0 Å². The topological polar surface area (TPSA) is 69.4 Å². The first-order valence-corrected chi connectivity index (χ1v) is 7.28. The summed E-state index contributed by atoms with van der Waals surface area (Å²) in [5, 5.41) is 0. The molecule has 0 aromatic heterocycles. The van der Waals surface area contributed by atoms with Crippen LogP contribution in [0.5, 0.6) is 0 Å². The second-order valence-electron chi connectivity index (χ2n) is 4.25. The highest BCUT2D eigenvalue weighted by Gasteiger charge is 2.23. The maximum absolute atomic E-state index is 11.6. The van der Waals surface area contributed by atoms with Crippen LogP contribution in [0.1, 0.15) is 45.4 Å². The SMILES string of the molecule is CC[C@@H](N)CS(=O)(=O)OC1CCCCC1. The molecule has 0 spiro atoms. The normalized spacial score (nSPS) is 21.5. The van der Waals surface area contributed by atoms with Crippen LogP contribution in [0.4, 0.5) is 0 Å². The van der Waals surface area contributed by atoms with E-state index in [1.54, 1.807) is 0 Å². The van der Waals surface area contributed by atoms with Crippen molar-refractivity contribution in [3.63, 3.8) is 0 Å². The Morgan fingerprint density at radius 2 is 1.93 bits per heavy atom. The van der Waals surface area contributed by atoms with E-state index in [0.717, 1.165) is 25.7 Å². The van der Waals surface area contributed by atoms with Crippen molar-refractivity contribution in [3.8, 4) is 0 Å². The van der Waals surface area contributed by atoms with Gasteiger partial charge in [0.2, 0.25) is 0 Å². The molecule has 1 rings (SSSR count). The monoisotopic (exact) mass is 235 g/mol. The number of hydrogen-bond acceptors (Lipinski definition) is 4. The molecule has 15 heavy (non-hydrogen) atoms. The molecule has 0 amide bonds. The summed E-state index contributed by atoms with van der Waals surface area (Å²) in [4.78, 5) is 0. The molecular formula is C10H21NO3S. The molecule has 1 fully saturated rings. The van der Waals surface area contributed by atoms with Crippen molar-refractivity contribution in [1.82, 2.24) is 0 Å². The van der Waals surface area contributed by atoms with Gasteiger partial charge in [0.05, 0.1) is 11.9 Å². The van der Waals surface area contributed by atoms with Crippen molar-refractivity contribution in [3.05, 3.63) is 0 Å². The number of rotatable bonds is 5. The molecule has 90 valence electrons. The van der Waals surface area contributed by atoms with E-state index in [9.17, 15) is 8.42 Å². The van der Waals surface area contributed by atoms with Crippen molar-refractivity contribution in [2.45, 2.75) is 57.6 Å². The Hall–Kier alpha value is -0.130. The lowest BCUT2D eigenvalue weighted by atomic mass is 9.98. The average molecular weight is 235 g/mol. The van der Waals surface area contributed by atoms with Crippen LogP contribution in [0, 0.1) is 0 Å². The third-order valence-corrected chi connectivity index (χ3v) is 4.18. The van der Waals surface area contributed by atoms with Gasteiger partial charge in [0.1, 0.15) is 0 Å². The van der Waals surface area contributed by atoms with Crippen molar-refractivity contribution < 1.29 is 12.6 Å². The van der Waals surface area contributed by atoms with E-state index in [1.165, 1.54) is 6.42 Å². The van der Waals surface area contributed by atoms with Crippen molar-refractivity contribution in [2.75, 3.05) is 5.75 Å². The highest BCUT2D eigenvalue weighted by Crippen LogP contribution is 2.22. The van der Waals surface area contributed by atoms with E-state index in [-0.39, 0.29) is 17.9 Å². The van der Waals surface area contributed by atoms with Crippen molar-refractivity contribution in [1.29, 1.82) is 0 Å². The molecule has 0 aromatic rings. The molecule has 0 aliphatic heterocycles. The predicted octanol–water partition coefficient (Wildman–Crippen LogP) is 1.40. The van der Waals surface area contributed by atoms with Crippen LogP contribution < -0.4 is 5.73 Å². The molecule has 0 unspecified atom stereocenters. The Kier molecular flexibility index (Phi) is 5.02. The van der Waals surface area contributed by atoms with Crippen LogP contribution in [0.2, 0.25) is 0 Å². The summed E-state index contributed by atoms with van der Waals surface area (Å²) in [6.07, 6.45) is 5.61. The smallest absolute Gasteiger partial charge is 0.269 e. The Morgan fingerprint density at radius 1 is 1.33 bits per heavy atom. The Morgan fingerprint density at radius 3 is 2.47 bits per heavy atom. The lowest BCUT2D eigenvalue weighted by Crippen LogP contribution is -2.32. The molecule has 0 aromatic carbocycles. The average Bonchev–Trinajstić information content (AvgIpc) is 2.17. The van der Waals surface area contributed by atoms with Crippen LogP contribution in [0.15, 0.2) is 0 Å². The Bertz CT molecular complexity index is 270. The fourth-order valence-corrected chi connectivity index (χ4v) is 3.23. The Balaban J connectivity index is 2.40. The van der Waals surface area contributed by atoms with Crippen molar-refractivity contribution in [2.24, 2.45) is 5.73 Å². The van der Waals surface area contributed by atoms with Gasteiger partial charge in [-0.25, -0.2) is 0 Å². The van der Waals surface area contributed by atoms with Gasteiger partial charge in [0, 0.05) is 6.04 Å². The van der Waals surface area contributed by atoms with E-state index >= 15 is 0 Å². The lowest BCUT2D eigenvalue weighted by Gasteiger charge is -2.22. The van der Waals surface area contributed by atoms with Gasteiger partial charge in [-0.05, 0) is 19.3 Å². The summed E-state index contributed by atoms with van der Waals surface area (Å²) < 4.78 is 28.3. The van der Waals surface area contributed by atoms with Crippen LogP contribution in [0.25, 0.3) is 0 Å². The van der Waals surface area contributed by atoms with Crippen LogP contribution in [-0.2, 0) is 14.3 Å². The summed E-state index contributed by atoms with van der Waals surface area (Å²) in [5.41, 5.74) is 5.61. The third kappa shape index (κ3) is 4.95. The molecule has 0 saturated heterocycles. The molecule has 0 heterocycles. The van der Waals surface area contributed by atoms with E-state index in [1.807, 2.05) is 6.92 Å². The van der Waals surface area contributed by atoms with Gasteiger partial charge in [0.25, 0.3) is 10.1 Å². The zero-order valence-corrected chi connectivity index (χ0v) is 10.1. The first-order valence-electron chi connectivity index (χ1n) is 5.70. The molecule has 0 radical (unpaired) electrons. The maximum Gasteiger partial charge on any atom is 0.269 e. The first kappa shape index (κ1) is 12.9. The highest BCUT2D eigenvalue weighted by molar-refractivity contribution is 7.86. The maximum atomic E-state index is 11.6. The van der Waals surface area contributed by atoms with E-state index in [0.29, 0.717) is 6.42 Å². The van der Waals surface area contributed by atoms with Gasteiger partial charge in [0.15, 0.2) is 0 Å². The molecule has 2 N–H and O–H groups in total. The van der Waals surface area contributed by atoms with Gasteiger partial charge in [-0.3, -0.25) is 4.18 Å². The van der Waals surface area contributed by atoms with Gasteiger partial charge in [-0.1, -0.05) is 26.2 Å². The van der Waals surface area contributed by atoms with Gasteiger partial charge >= 0.3 is 0 Å². The van der Waals surface area contributed by atoms with Gasteiger partial charge in [-0.2, -0.15) is 8.42 Å². The summed E-state index contributed by atoms with van der Waals surface area (Å²) in [7, 11) is -3.42. The summed E-state index contributed by atoms with van der Waals surface area (Å²) >= 11 is 0. The van der Waals surface area contributed by atoms with Gasteiger partial charge < -0.3 is 5.73 Å². The van der Waals surface area contributed by atoms with Crippen LogP contribution >= 0.6 is 0 Å². The van der Waals surface area contributed by atoms with Crippen molar-refractivity contribution >= 4 is 10.1 Å².